The molecule has 2 rings (SSSR count). The summed E-state index contributed by atoms with van der Waals surface area (Å²) in [6.45, 7) is 3.13. The van der Waals surface area contributed by atoms with Gasteiger partial charge in [-0.3, -0.25) is 4.21 Å². The number of hydrogen-bond donors (Lipinski definition) is 1. The Morgan fingerprint density at radius 1 is 1.42 bits per heavy atom. The van der Waals surface area contributed by atoms with E-state index in [4.69, 9.17) is 5.73 Å². The van der Waals surface area contributed by atoms with Gasteiger partial charge in [-0.1, -0.05) is 12.5 Å². The summed E-state index contributed by atoms with van der Waals surface area (Å²) in [5.74, 6) is 0.735. The summed E-state index contributed by atoms with van der Waals surface area (Å²) in [7, 11) is 1.25. The fourth-order valence-electron chi connectivity index (χ4n) is 2.74. The minimum Gasteiger partial charge on any atom is -0.398 e. The van der Waals surface area contributed by atoms with Crippen molar-refractivity contribution in [2.75, 3.05) is 25.1 Å². The molecule has 0 aromatic heterocycles. The summed E-state index contributed by atoms with van der Waals surface area (Å²) in [5.41, 5.74) is 7.58. The molecule has 1 fully saturated rings. The highest BCUT2D eigenvalue weighted by Crippen LogP contribution is 2.22. The minimum atomic E-state index is -0.929. The van der Waals surface area contributed by atoms with Crippen molar-refractivity contribution in [2.24, 2.45) is 0 Å². The van der Waals surface area contributed by atoms with Crippen LogP contribution in [0.1, 0.15) is 31.2 Å². The molecular weight excluding hydrogens is 256 g/mol. The summed E-state index contributed by atoms with van der Waals surface area (Å²) in [4.78, 5) is 3.31. The number of anilines is 1. The molecule has 1 aliphatic heterocycles. The van der Waals surface area contributed by atoms with Crippen LogP contribution in [0.2, 0.25) is 0 Å². The molecule has 2 atom stereocenters. The quantitative estimate of drug-likeness (QED) is 0.862. The molecule has 0 saturated carbocycles. The van der Waals surface area contributed by atoms with Crippen molar-refractivity contribution >= 4 is 16.5 Å². The molecule has 1 saturated heterocycles. The van der Waals surface area contributed by atoms with Crippen LogP contribution in [0.25, 0.3) is 0 Å². The number of benzene rings is 1. The molecule has 0 aliphatic carbocycles. The average Bonchev–Trinajstić information content (AvgIpc) is 2.40. The van der Waals surface area contributed by atoms with Gasteiger partial charge in [-0.05, 0) is 57.5 Å². The summed E-state index contributed by atoms with van der Waals surface area (Å²) in [6, 6.07) is 6.29. The minimum absolute atomic E-state index is 0.596. The number of nitrogens with two attached hydrogens (primary N) is 1. The van der Waals surface area contributed by atoms with Crippen molar-refractivity contribution < 1.29 is 4.21 Å². The van der Waals surface area contributed by atoms with Gasteiger partial charge in [0.1, 0.15) is 0 Å². The molecule has 2 unspecified atom stereocenters. The predicted molar refractivity (Wildman–Crippen MR) is 81.8 cm³/mol. The van der Waals surface area contributed by atoms with Crippen LogP contribution in [0.15, 0.2) is 23.1 Å². The van der Waals surface area contributed by atoms with Gasteiger partial charge in [-0.15, -0.1) is 0 Å². The number of hydrogen-bond acceptors (Lipinski definition) is 3. The normalized spacial score (nSPS) is 22.3. The van der Waals surface area contributed by atoms with E-state index in [9.17, 15) is 4.21 Å². The van der Waals surface area contributed by atoms with E-state index in [0.717, 1.165) is 28.3 Å². The Morgan fingerprint density at radius 2 is 2.21 bits per heavy atom. The molecular formula is C15H24N2OS. The molecule has 0 amide bonds. The SMILES string of the molecule is Cc1c(N)cccc1S(=O)CCC1CCCCN1C. The summed E-state index contributed by atoms with van der Waals surface area (Å²) < 4.78 is 12.4. The molecule has 0 spiro atoms. The van der Waals surface area contributed by atoms with Gasteiger partial charge in [0, 0.05) is 22.4 Å². The van der Waals surface area contributed by atoms with E-state index in [1.54, 1.807) is 0 Å². The lowest BCUT2D eigenvalue weighted by Crippen LogP contribution is -2.37. The lowest BCUT2D eigenvalue weighted by atomic mass is 10.0. The molecule has 4 heteroatoms. The first-order valence-corrected chi connectivity index (χ1v) is 8.35. The van der Waals surface area contributed by atoms with Crippen LogP contribution in [0.5, 0.6) is 0 Å². The molecule has 1 heterocycles. The zero-order chi connectivity index (χ0) is 13.8. The molecule has 1 aromatic carbocycles. The van der Waals surface area contributed by atoms with Gasteiger partial charge < -0.3 is 10.6 Å². The van der Waals surface area contributed by atoms with E-state index in [-0.39, 0.29) is 0 Å². The van der Waals surface area contributed by atoms with Crippen molar-refractivity contribution in [3.8, 4) is 0 Å². The topological polar surface area (TPSA) is 46.3 Å². The van der Waals surface area contributed by atoms with Crippen LogP contribution in [-0.4, -0.2) is 34.5 Å². The lowest BCUT2D eigenvalue weighted by Gasteiger charge is -2.32. The van der Waals surface area contributed by atoms with E-state index < -0.39 is 10.8 Å². The van der Waals surface area contributed by atoms with E-state index in [0.29, 0.717) is 6.04 Å². The van der Waals surface area contributed by atoms with Crippen molar-refractivity contribution in [1.82, 2.24) is 4.90 Å². The summed E-state index contributed by atoms with van der Waals surface area (Å²) >= 11 is 0. The zero-order valence-corrected chi connectivity index (χ0v) is 12.7. The highest BCUT2D eigenvalue weighted by Gasteiger charge is 2.20. The molecule has 1 aliphatic rings. The predicted octanol–water partition coefficient (Wildman–Crippen LogP) is 2.56. The third kappa shape index (κ3) is 3.57. The van der Waals surface area contributed by atoms with Gasteiger partial charge in [0.2, 0.25) is 0 Å². The Hall–Kier alpha value is -0.870. The van der Waals surface area contributed by atoms with Crippen LogP contribution in [0, 0.1) is 6.92 Å². The monoisotopic (exact) mass is 280 g/mol. The largest absolute Gasteiger partial charge is 0.398 e. The number of likely N-dealkylation sites (tertiary alicyclic amines) is 1. The standard InChI is InChI=1S/C15H24N2OS/c1-12-14(16)7-5-8-15(12)19(18)11-9-13-6-3-4-10-17(13)2/h5,7-8,13H,3-4,6,9-11,16H2,1-2H3. The Kier molecular flexibility index (Phi) is 4.99. The van der Waals surface area contributed by atoms with E-state index in [1.165, 1.54) is 25.8 Å². The zero-order valence-electron chi connectivity index (χ0n) is 11.9. The number of rotatable bonds is 4. The molecule has 106 valence electrons. The maximum absolute atomic E-state index is 12.4. The molecule has 0 bridgehead atoms. The Morgan fingerprint density at radius 3 is 2.95 bits per heavy atom. The van der Waals surface area contributed by atoms with Gasteiger partial charge in [0.25, 0.3) is 0 Å². The van der Waals surface area contributed by atoms with Gasteiger partial charge in [0.15, 0.2) is 0 Å². The number of piperidine rings is 1. The number of nitrogens with zero attached hydrogens (tertiary/aromatic N) is 1. The lowest BCUT2D eigenvalue weighted by molar-refractivity contribution is 0.182. The highest BCUT2D eigenvalue weighted by molar-refractivity contribution is 7.85. The van der Waals surface area contributed by atoms with Crippen LogP contribution >= 0.6 is 0 Å². The molecule has 1 aromatic rings. The second kappa shape index (κ2) is 6.53. The average molecular weight is 280 g/mol. The maximum atomic E-state index is 12.4. The highest BCUT2D eigenvalue weighted by atomic mass is 32.2. The van der Waals surface area contributed by atoms with Crippen molar-refractivity contribution in [2.45, 2.75) is 43.5 Å². The first-order valence-electron chi connectivity index (χ1n) is 7.03. The fourth-order valence-corrected chi connectivity index (χ4v) is 4.14. The van der Waals surface area contributed by atoms with Crippen molar-refractivity contribution in [3.05, 3.63) is 23.8 Å². The smallest absolute Gasteiger partial charge is 0.0533 e. The van der Waals surface area contributed by atoms with Crippen molar-refractivity contribution in [3.63, 3.8) is 0 Å². The molecule has 19 heavy (non-hydrogen) atoms. The van der Waals surface area contributed by atoms with Gasteiger partial charge in [0.05, 0.1) is 10.8 Å². The Balaban J connectivity index is 1.95. The van der Waals surface area contributed by atoms with Crippen LogP contribution in [-0.2, 0) is 10.8 Å². The van der Waals surface area contributed by atoms with Crippen LogP contribution < -0.4 is 5.73 Å². The van der Waals surface area contributed by atoms with Gasteiger partial charge >= 0.3 is 0 Å². The van der Waals surface area contributed by atoms with Gasteiger partial charge in [-0.25, -0.2) is 0 Å². The third-order valence-electron chi connectivity index (χ3n) is 4.13. The first-order chi connectivity index (χ1) is 9.09. The maximum Gasteiger partial charge on any atom is 0.0533 e. The fraction of sp³-hybridized carbons (Fsp3) is 0.600. The van der Waals surface area contributed by atoms with E-state index in [2.05, 4.69) is 11.9 Å². The Labute approximate surface area is 118 Å². The molecule has 3 nitrogen and oxygen atoms in total. The summed E-state index contributed by atoms with van der Waals surface area (Å²) in [5, 5.41) is 0. The van der Waals surface area contributed by atoms with Crippen LogP contribution in [0.4, 0.5) is 5.69 Å². The van der Waals surface area contributed by atoms with Crippen molar-refractivity contribution in [1.29, 1.82) is 0 Å². The van der Waals surface area contributed by atoms with E-state index >= 15 is 0 Å². The second-order valence-electron chi connectivity index (χ2n) is 5.44. The van der Waals surface area contributed by atoms with Crippen LogP contribution in [0.3, 0.4) is 0 Å². The van der Waals surface area contributed by atoms with E-state index in [1.807, 2.05) is 25.1 Å². The van der Waals surface area contributed by atoms with Gasteiger partial charge in [-0.2, -0.15) is 0 Å². The first kappa shape index (κ1) is 14.5. The Bertz CT molecular complexity index is 461. The second-order valence-corrected chi connectivity index (χ2v) is 6.98. The summed E-state index contributed by atoms with van der Waals surface area (Å²) in [6.07, 6.45) is 4.85. The molecule has 0 radical (unpaired) electrons. The number of nitrogen functional groups attached to an aromatic ring is 1. The molecule has 2 N–H and O–H groups in total. The third-order valence-corrected chi connectivity index (χ3v) is 5.67.